The van der Waals surface area contributed by atoms with Crippen molar-refractivity contribution >= 4 is 11.0 Å². The second kappa shape index (κ2) is 7.11. The lowest BCUT2D eigenvalue weighted by molar-refractivity contribution is 0.264. The van der Waals surface area contributed by atoms with Gasteiger partial charge in [0.05, 0.1) is 22.4 Å². The van der Waals surface area contributed by atoms with Crippen LogP contribution in [0.1, 0.15) is 18.4 Å². The molecular weight excluding hydrogens is 312 g/mol. The maximum absolute atomic E-state index is 6.04. The molecule has 1 saturated heterocycles. The van der Waals surface area contributed by atoms with Gasteiger partial charge in [0.15, 0.2) is 0 Å². The molecule has 0 aliphatic carbocycles. The highest BCUT2D eigenvalue weighted by atomic mass is 15.2. The minimum atomic E-state index is 0.345. The van der Waals surface area contributed by atoms with E-state index in [2.05, 4.69) is 49.9 Å². The minimum Gasteiger partial charge on any atom is -0.386 e. The largest absolute Gasteiger partial charge is 0.386 e. The predicted octanol–water partition coefficient (Wildman–Crippen LogP) is 1.47. The maximum atomic E-state index is 6.04. The van der Waals surface area contributed by atoms with Gasteiger partial charge in [-0.25, -0.2) is 0 Å². The molecule has 2 aromatic rings. The monoisotopic (exact) mass is 336 g/mol. The van der Waals surface area contributed by atoms with Crippen molar-refractivity contribution in [2.45, 2.75) is 25.4 Å². The van der Waals surface area contributed by atoms with Gasteiger partial charge in [-0.1, -0.05) is 6.07 Å². The summed E-state index contributed by atoms with van der Waals surface area (Å²) >= 11 is 0. The topological polar surface area (TPSA) is 79.1 Å². The zero-order chi connectivity index (χ0) is 17.1. The summed E-state index contributed by atoms with van der Waals surface area (Å²) in [6, 6.07) is 6.56. The van der Waals surface area contributed by atoms with Gasteiger partial charge in [-0.15, -0.1) is 0 Å². The van der Waals surface area contributed by atoms with E-state index in [1.165, 1.54) is 11.3 Å². The Morgan fingerprint density at radius 1 is 1.16 bits per heavy atom. The number of nitrogens with two attached hydrogens (primary N) is 1. The van der Waals surface area contributed by atoms with Crippen molar-refractivity contribution in [3.63, 3.8) is 0 Å². The molecule has 2 aliphatic rings. The summed E-state index contributed by atoms with van der Waals surface area (Å²) in [4.78, 5) is 11.1. The first-order valence-corrected chi connectivity index (χ1v) is 8.88. The summed E-state index contributed by atoms with van der Waals surface area (Å²) in [5.74, 6) is 0. The molecule has 130 valence electrons. The Labute approximate surface area is 147 Å². The average molecular weight is 336 g/mol. The molecule has 6 nitrogen and oxygen atoms in total. The molecule has 0 radical (unpaired) electrons. The van der Waals surface area contributed by atoms with Crippen LogP contribution >= 0.6 is 0 Å². The van der Waals surface area contributed by atoms with E-state index in [9.17, 15) is 0 Å². The van der Waals surface area contributed by atoms with Gasteiger partial charge in [0.1, 0.15) is 0 Å². The highest BCUT2D eigenvalue weighted by molar-refractivity contribution is 5.74. The van der Waals surface area contributed by atoms with Gasteiger partial charge in [-0.2, -0.15) is 0 Å². The Kier molecular flexibility index (Phi) is 4.52. The summed E-state index contributed by atoms with van der Waals surface area (Å²) in [6.45, 7) is 3.68. The molecule has 0 saturated carbocycles. The predicted molar refractivity (Wildman–Crippen MR) is 99.3 cm³/mol. The van der Waals surface area contributed by atoms with Gasteiger partial charge in [-0.3, -0.25) is 9.97 Å². The first kappa shape index (κ1) is 15.9. The SMILES string of the molecule is NC1CCN(C2=CCNC=C2NCc2ccc3nccnc3c2)CC1. The number of hydrogen-bond donors (Lipinski definition) is 3. The molecule has 3 heterocycles. The van der Waals surface area contributed by atoms with E-state index < -0.39 is 0 Å². The number of nitrogens with zero attached hydrogens (tertiary/aromatic N) is 3. The number of dihydropyridines is 1. The minimum absolute atomic E-state index is 0.345. The number of hydrogen-bond acceptors (Lipinski definition) is 6. The molecule has 1 aromatic carbocycles. The Bertz CT molecular complexity index is 804. The van der Waals surface area contributed by atoms with E-state index >= 15 is 0 Å². The molecule has 4 N–H and O–H groups in total. The zero-order valence-electron chi connectivity index (χ0n) is 14.3. The van der Waals surface area contributed by atoms with Crippen LogP contribution in [0, 0.1) is 0 Å². The third-order valence-corrected chi connectivity index (χ3v) is 4.83. The van der Waals surface area contributed by atoms with E-state index in [1.807, 2.05) is 6.07 Å². The maximum Gasteiger partial charge on any atom is 0.0890 e. The Morgan fingerprint density at radius 2 is 1.96 bits per heavy atom. The van der Waals surface area contributed by atoms with Crippen LogP contribution < -0.4 is 16.4 Å². The Morgan fingerprint density at radius 3 is 2.80 bits per heavy atom. The van der Waals surface area contributed by atoms with Gasteiger partial charge in [0, 0.05) is 50.8 Å². The van der Waals surface area contributed by atoms with Crippen molar-refractivity contribution in [2.24, 2.45) is 5.73 Å². The van der Waals surface area contributed by atoms with E-state index in [0.717, 1.165) is 55.8 Å². The van der Waals surface area contributed by atoms with Crippen LogP contribution in [0.15, 0.2) is 54.3 Å². The molecule has 25 heavy (non-hydrogen) atoms. The Hall–Kier alpha value is -2.60. The summed E-state index contributed by atoms with van der Waals surface area (Å²) in [7, 11) is 0. The van der Waals surface area contributed by atoms with Gasteiger partial charge in [0.25, 0.3) is 0 Å². The number of rotatable bonds is 4. The third kappa shape index (κ3) is 3.58. The molecule has 1 fully saturated rings. The molecule has 0 spiro atoms. The van der Waals surface area contributed by atoms with E-state index in [1.54, 1.807) is 12.4 Å². The standard InChI is InChI=1S/C19H24N6/c20-15-4-9-25(10-5-15)19-3-6-21-13-18(19)24-12-14-1-2-16-17(11-14)23-8-7-22-16/h1-3,7-8,11,13,15,21,24H,4-6,9-10,12,20H2. The fourth-order valence-electron chi connectivity index (χ4n) is 3.40. The number of fused-ring (bicyclic) bond motifs is 1. The average Bonchev–Trinajstić information content (AvgIpc) is 2.67. The van der Waals surface area contributed by atoms with Gasteiger partial charge >= 0.3 is 0 Å². The van der Waals surface area contributed by atoms with Crippen LogP contribution in [0.3, 0.4) is 0 Å². The van der Waals surface area contributed by atoms with Crippen LogP contribution in [0.4, 0.5) is 0 Å². The van der Waals surface area contributed by atoms with Crippen molar-refractivity contribution < 1.29 is 0 Å². The highest BCUT2D eigenvalue weighted by Gasteiger charge is 2.21. The van der Waals surface area contributed by atoms with Crippen LogP contribution in [-0.2, 0) is 6.54 Å². The number of benzene rings is 1. The molecule has 0 amide bonds. The second-order valence-corrected chi connectivity index (χ2v) is 6.61. The lowest BCUT2D eigenvalue weighted by atomic mass is 10.0. The van der Waals surface area contributed by atoms with E-state index in [-0.39, 0.29) is 0 Å². The third-order valence-electron chi connectivity index (χ3n) is 4.83. The van der Waals surface area contributed by atoms with Crippen LogP contribution in [0.2, 0.25) is 0 Å². The molecule has 1 aromatic heterocycles. The molecule has 4 rings (SSSR count). The van der Waals surface area contributed by atoms with Crippen LogP contribution in [-0.4, -0.2) is 40.5 Å². The van der Waals surface area contributed by atoms with E-state index in [0.29, 0.717) is 6.04 Å². The highest BCUT2D eigenvalue weighted by Crippen LogP contribution is 2.21. The molecule has 0 atom stereocenters. The Balaban J connectivity index is 1.45. The summed E-state index contributed by atoms with van der Waals surface area (Å²) in [6.07, 6.45) is 9.90. The quantitative estimate of drug-likeness (QED) is 0.785. The number of piperidine rings is 1. The smallest absolute Gasteiger partial charge is 0.0890 e. The van der Waals surface area contributed by atoms with Gasteiger partial charge in [-0.05, 0) is 36.6 Å². The summed E-state index contributed by atoms with van der Waals surface area (Å²) < 4.78 is 0. The summed E-state index contributed by atoms with van der Waals surface area (Å²) in [5.41, 5.74) is 11.5. The molecule has 2 aliphatic heterocycles. The molecule has 0 bridgehead atoms. The van der Waals surface area contributed by atoms with Crippen molar-refractivity contribution in [1.29, 1.82) is 0 Å². The van der Waals surface area contributed by atoms with Crippen LogP contribution in [0.5, 0.6) is 0 Å². The van der Waals surface area contributed by atoms with Crippen molar-refractivity contribution in [3.05, 3.63) is 59.8 Å². The first-order valence-electron chi connectivity index (χ1n) is 8.88. The fourth-order valence-corrected chi connectivity index (χ4v) is 3.40. The fraction of sp³-hybridized carbons (Fsp3) is 0.368. The number of nitrogens with one attached hydrogen (secondary N) is 2. The molecular formula is C19H24N6. The van der Waals surface area contributed by atoms with Crippen molar-refractivity contribution in [2.75, 3.05) is 19.6 Å². The van der Waals surface area contributed by atoms with Crippen LogP contribution in [0.25, 0.3) is 11.0 Å². The van der Waals surface area contributed by atoms with Gasteiger partial charge < -0.3 is 21.3 Å². The first-order chi connectivity index (χ1) is 12.3. The van der Waals surface area contributed by atoms with Gasteiger partial charge in [0.2, 0.25) is 0 Å². The second-order valence-electron chi connectivity index (χ2n) is 6.61. The number of likely N-dealkylation sites (tertiary alicyclic amines) is 1. The van der Waals surface area contributed by atoms with E-state index in [4.69, 9.17) is 5.73 Å². The van der Waals surface area contributed by atoms with Crippen molar-refractivity contribution in [1.82, 2.24) is 25.5 Å². The zero-order valence-corrected chi connectivity index (χ0v) is 14.3. The van der Waals surface area contributed by atoms with Crippen molar-refractivity contribution in [3.8, 4) is 0 Å². The summed E-state index contributed by atoms with van der Waals surface area (Å²) in [5, 5.41) is 6.87. The molecule has 0 unspecified atom stereocenters. The number of aromatic nitrogens is 2. The molecule has 6 heteroatoms. The normalized spacial score (nSPS) is 18.5. The lowest BCUT2D eigenvalue weighted by Crippen LogP contribution is -2.41. The lowest BCUT2D eigenvalue weighted by Gasteiger charge is -2.36.